The molecule has 1 aromatic heterocycles. The molecule has 2 unspecified atom stereocenters. The third kappa shape index (κ3) is 4.25. The number of aromatic nitrogens is 1. The number of thiazole rings is 1. The maximum Gasteiger partial charge on any atom is 0.225 e. The molecule has 134 valence electrons. The van der Waals surface area contributed by atoms with Gasteiger partial charge in [0.15, 0.2) is 0 Å². The highest BCUT2D eigenvalue weighted by atomic mass is 32.2. The minimum Gasteiger partial charge on any atom is -0.337 e. The summed E-state index contributed by atoms with van der Waals surface area (Å²) in [5.74, 6) is 0.278. The van der Waals surface area contributed by atoms with E-state index in [4.69, 9.17) is 4.98 Å². The molecule has 0 spiro atoms. The molecule has 1 fully saturated rings. The molecule has 0 saturated carbocycles. The minimum absolute atomic E-state index is 0.0332. The Bertz CT molecular complexity index is 702. The van der Waals surface area contributed by atoms with E-state index in [0.717, 1.165) is 35.7 Å². The summed E-state index contributed by atoms with van der Waals surface area (Å²) in [6.07, 6.45) is 3.85. The summed E-state index contributed by atoms with van der Waals surface area (Å²) in [5, 5.41) is 3.18. The van der Waals surface area contributed by atoms with Gasteiger partial charge in [0.25, 0.3) is 0 Å². The number of carbonyl (C=O) groups is 1. The molecule has 4 nitrogen and oxygen atoms in total. The molecule has 1 aliphatic rings. The molecule has 1 saturated heterocycles. The molecular weight excluding hydrogens is 350 g/mol. The second-order valence-corrected chi connectivity index (χ2v) is 8.19. The normalized spacial score (nSPS) is 20.4. The molecular formula is C19H25N3OS2. The van der Waals surface area contributed by atoms with E-state index in [9.17, 15) is 4.79 Å². The Morgan fingerprint density at radius 3 is 2.84 bits per heavy atom. The van der Waals surface area contributed by atoms with Crippen molar-refractivity contribution in [2.45, 2.75) is 38.8 Å². The Morgan fingerprint density at radius 2 is 2.16 bits per heavy atom. The number of nitrogens with zero attached hydrogens (tertiary/aromatic N) is 2. The predicted molar refractivity (Wildman–Crippen MR) is 107 cm³/mol. The fraction of sp³-hybridized carbons (Fsp3) is 0.474. The molecule has 6 heteroatoms. The quantitative estimate of drug-likeness (QED) is 0.779. The molecule has 3 rings (SSSR count). The number of hydrogen-bond donors (Lipinski definition) is 1. The first-order valence-corrected chi connectivity index (χ1v) is 10.8. The highest BCUT2D eigenvalue weighted by molar-refractivity contribution is 7.96. The lowest BCUT2D eigenvalue weighted by molar-refractivity contribution is -0.135. The number of amides is 1. The van der Waals surface area contributed by atoms with Crippen LogP contribution in [0.3, 0.4) is 0 Å². The zero-order valence-electron chi connectivity index (χ0n) is 14.9. The molecule has 2 heterocycles. The second-order valence-electron chi connectivity index (χ2n) is 6.68. The van der Waals surface area contributed by atoms with Crippen molar-refractivity contribution < 1.29 is 4.79 Å². The molecule has 1 N–H and O–H groups in total. The van der Waals surface area contributed by atoms with Crippen molar-refractivity contribution in [3.63, 3.8) is 0 Å². The van der Waals surface area contributed by atoms with Crippen LogP contribution in [0.1, 0.15) is 26.0 Å². The van der Waals surface area contributed by atoms with E-state index in [1.54, 1.807) is 23.3 Å². The zero-order valence-corrected chi connectivity index (χ0v) is 16.6. The van der Waals surface area contributed by atoms with Crippen molar-refractivity contribution in [1.82, 2.24) is 14.6 Å². The van der Waals surface area contributed by atoms with Gasteiger partial charge in [0.1, 0.15) is 5.01 Å². The van der Waals surface area contributed by atoms with E-state index in [1.807, 2.05) is 38.3 Å². The lowest BCUT2D eigenvalue weighted by atomic mass is 10.0. The van der Waals surface area contributed by atoms with Crippen molar-refractivity contribution in [2.24, 2.45) is 5.92 Å². The van der Waals surface area contributed by atoms with Gasteiger partial charge < -0.3 is 4.90 Å². The van der Waals surface area contributed by atoms with Crippen LogP contribution >= 0.6 is 23.3 Å². The monoisotopic (exact) mass is 375 g/mol. The van der Waals surface area contributed by atoms with Gasteiger partial charge in [-0.3, -0.25) is 9.52 Å². The second kappa shape index (κ2) is 8.34. The molecule has 1 aromatic carbocycles. The van der Waals surface area contributed by atoms with Crippen LogP contribution in [0.5, 0.6) is 0 Å². The number of benzene rings is 1. The molecule has 25 heavy (non-hydrogen) atoms. The fourth-order valence-corrected chi connectivity index (χ4v) is 4.74. The zero-order chi connectivity index (χ0) is 17.8. The number of carbonyl (C=O) groups excluding carboxylic acids is 1. The highest BCUT2D eigenvalue weighted by Crippen LogP contribution is 2.28. The Balaban J connectivity index is 1.78. The van der Waals surface area contributed by atoms with E-state index in [-0.39, 0.29) is 17.9 Å². The summed E-state index contributed by atoms with van der Waals surface area (Å²) >= 11 is 3.31. The van der Waals surface area contributed by atoms with E-state index < -0.39 is 0 Å². The van der Waals surface area contributed by atoms with Crippen molar-refractivity contribution >= 4 is 29.2 Å². The summed E-state index contributed by atoms with van der Waals surface area (Å²) < 4.78 is 3.48. The molecule has 2 aromatic rings. The molecule has 0 bridgehead atoms. The van der Waals surface area contributed by atoms with E-state index >= 15 is 0 Å². The molecule has 1 aliphatic heterocycles. The summed E-state index contributed by atoms with van der Waals surface area (Å²) in [6.45, 7) is 4.78. The van der Waals surface area contributed by atoms with Gasteiger partial charge in [-0.15, -0.1) is 11.3 Å². The summed E-state index contributed by atoms with van der Waals surface area (Å²) in [4.78, 5) is 19.5. The van der Waals surface area contributed by atoms with Crippen molar-refractivity contribution in [3.05, 3.63) is 41.4 Å². The highest BCUT2D eigenvalue weighted by Gasteiger charge is 2.37. The Morgan fingerprint density at radius 1 is 1.40 bits per heavy atom. The van der Waals surface area contributed by atoms with Crippen molar-refractivity contribution in [3.8, 4) is 10.6 Å². The average Bonchev–Trinajstić information content (AvgIpc) is 3.24. The molecule has 0 aliphatic carbocycles. The van der Waals surface area contributed by atoms with E-state index in [2.05, 4.69) is 27.1 Å². The average molecular weight is 376 g/mol. The van der Waals surface area contributed by atoms with Gasteiger partial charge in [-0.25, -0.2) is 4.98 Å². The topological polar surface area (TPSA) is 45.2 Å². The van der Waals surface area contributed by atoms with Crippen LogP contribution in [-0.4, -0.2) is 40.7 Å². The third-order valence-electron chi connectivity index (χ3n) is 4.58. The smallest absolute Gasteiger partial charge is 0.225 e. The lowest BCUT2D eigenvalue weighted by Gasteiger charge is -2.29. The van der Waals surface area contributed by atoms with Crippen LogP contribution < -0.4 is 4.72 Å². The maximum absolute atomic E-state index is 12.6. The Labute approximate surface area is 158 Å². The summed E-state index contributed by atoms with van der Waals surface area (Å²) in [7, 11) is 0. The van der Waals surface area contributed by atoms with Gasteiger partial charge in [0.05, 0.1) is 11.7 Å². The minimum atomic E-state index is 0.0332. The standard InChI is InChI=1S/C19H25N3OS2/c1-13(2)19(23)22-10-9-16(21-24-3)17(22)11-15-12-25-18(20-15)14-7-5-4-6-8-14/h4-8,12-13,16-17,21H,9-11H2,1-3H3. The van der Waals surface area contributed by atoms with Gasteiger partial charge in [-0.1, -0.05) is 56.1 Å². The predicted octanol–water partition coefficient (Wildman–Crippen LogP) is 3.85. The summed E-state index contributed by atoms with van der Waals surface area (Å²) in [6, 6.07) is 10.8. The largest absolute Gasteiger partial charge is 0.337 e. The van der Waals surface area contributed by atoms with Crippen LogP contribution in [0.4, 0.5) is 0 Å². The fourth-order valence-electron chi connectivity index (χ4n) is 3.33. The van der Waals surface area contributed by atoms with Gasteiger partial charge in [-0.05, 0) is 12.7 Å². The van der Waals surface area contributed by atoms with Crippen LogP contribution in [0.25, 0.3) is 10.6 Å². The van der Waals surface area contributed by atoms with Crippen molar-refractivity contribution in [1.29, 1.82) is 0 Å². The number of nitrogens with one attached hydrogen (secondary N) is 1. The number of likely N-dealkylation sites (tertiary alicyclic amines) is 1. The van der Waals surface area contributed by atoms with Gasteiger partial charge >= 0.3 is 0 Å². The summed E-state index contributed by atoms with van der Waals surface area (Å²) in [5.41, 5.74) is 2.23. The SMILES string of the molecule is CSNC1CCN(C(=O)C(C)C)C1Cc1csc(-c2ccccc2)n1. The number of rotatable bonds is 6. The Kier molecular flexibility index (Phi) is 6.15. The van der Waals surface area contributed by atoms with Crippen LogP contribution in [0.15, 0.2) is 35.7 Å². The third-order valence-corrected chi connectivity index (χ3v) is 6.06. The van der Waals surface area contributed by atoms with Gasteiger partial charge in [0.2, 0.25) is 5.91 Å². The van der Waals surface area contributed by atoms with Crippen LogP contribution in [0, 0.1) is 5.92 Å². The van der Waals surface area contributed by atoms with Crippen molar-refractivity contribution in [2.75, 3.05) is 12.8 Å². The molecule has 1 amide bonds. The van der Waals surface area contributed by atoms with E-state index in [0.29, 0.717) is 6.04 Å². The Hall–Kier alpha value is -1.37. The van der Waals surface area contributed by atoms with E-state index in [1.165, 1.54) is 0 Å². The maximum atomic E-state index is 12.6. The van der Waals surface area contributed by atoms with Crippen LogP contribution in [-0.2, 0) is 11.2 Å². The van der Waals surface area contributed by atoms with Gasteiger partial charge in [0, 0.05) is 35.9 Å². The van der Waals surface area contributed by atoms with Crippen LogP contribution in [0.2, 0.25) is 0 Å². The van der Waals surface area contributed by atoms with Gasteiger partial charge in [-0.2, -0.15) is 0 Å². The molecule has 2 atom stereocenters. The first kappa shape index (κ1) is 18.4. The first-order chi connectivity index (χ1) is 12.1. The lowest BCUT2D eigenvalue weighted by Crippen LogP contribution is -2.46. The molecule has 0 radical (unpaired) electrons. The first-order valence-electron chi connectivity index (χ1n) is 8.69. The number of hydrogen-bond acceptors (Lipinski definition) is 5.